The number of rotatable bonds is 11. The third-order valence-corrected chi connectivity index (χ3v) is 8.44. The van der Waals surface area contributed by atoms with E-state index in [1.54, 1.807) is 0 Å². The molecule has 1 saturated heterocycles. The first-order valence-electron chi connectivity index (χ1n) is 9.11. The van der Waals surface area contributed by atoms with Crippen molar-refractivity contribution in [2.24, 2.45) is 0 Å². The Morgan fingerprint density at radius 3 is 2.37 bits per heavy atom. The molecule has 0 bridgehead atoms. The summed E-state index contributed by atoms with van der Waals surface area (Å²) < 4.78 is 65.2. The molecule has 8 N–H and O–H groups in total. The molecule has 0 aromatic rings. The van der Waals surface area contributed by atoms with Crippen LogP contribution in [0.15, 0.2) is 30.7 Å². The Morgan fingerprint density at radius 1 is 1.23 bits per heavy atom. The number of aliphatic hydroxyl groups is 3. The van der Waals surface area contributed by atoms with Gasteiger partial charge in [0.15, 0.2) is 11.8 Å². The lowest BCUT2D eigenvalue weighted by atomic mass is 9.84. The maximum absolute atomic E-state index is 14.2. The Hall–Kier alpha value is -1.29. The average Bonchev–Trinajstić information content (AvgIpc) is 2.91. The summed E-state index contributed by atoms with van der Waals surface area (Å²) in [4.78, 5) is 48.1. The molecular formula is C14H22FN2O15P3. The number of halogens is 1. The van der Waals surface area contributed by atoms with Crippen LogP contribution in [-0.4, -0.2) is 88.9 Å². The molecule has 7 atom stereocenters. The van der Waals surface area contributed by atoms with Gasteiger partial charge in [-0.25, -0.2) is 18.1 Å². The molecule has 2 aliphatic heterocycles. The number of carbonyl (C=O) groups is 1. The number of alkyl halides is 1. The highest BCUT2D eigenvalue weighted by molar-refractivity contribution is 7.66. The lowest BCUT2D eigenvalue weighted by Gasteiger charge is -2.40. The third kappa shape index (κ3) is 7.14. The Morgan fingerprint density at radius 2 is 1.86 bits per heavy atom. The van der Waals surface area contributed by atoms with Gasteiger partial charge in [0.1, 0.15) is 18.4 Å². The second-order valence-electron chi connectivity index (χ2n) is 7.18. The van der Waals surface area contributed by atoms with Crippen molar-refractivity contribution < 1.29 is 75.7 Å². The number of nitrogens with one attached hydrogen (secondary N) is 1. The van der Waals surface area contributed by atoms with Crippen molar-refractivity contribution >= 4 is 29.4 Å². The van der Waals surface area contributed by atoms with Crippen molar-refractivity contribution in [1.82, 2.24) is 10.2 Å². The van der Waals surface area contributed by atoms with E-state index >= 15 is 0 Å². The topological polar surface area (TPSA) is 262 Å². The Balaban J connectivity index is 2.34. The number of ether oxygens (including phenoxy) is 1. The SMILES string of the molecule is C=C=CC[C@@]1(O)[C@H](O)[C@@](CF)(COP(=O)(O)OP(=O)(O)OP(=O)(O)O)O[C@H]1N1C=CC(=O)NC1O. The first-order valence-corrected chi connectivity index (χ1v) is 13.6. The van der Waals surface area contributed by atoms with E-state index in [4.69, 9.17) is 14.5 Å². The molecule has 2 rings (SSSR count). The summed E-state index contributed by atoms with van der Waals surface area (Å²) in [6.07, 6.45) is -3.56. The maximum atomic E-state index is 14.2. The third-order valence-electron chi connectivity index (χ3n) is 4.66. The van der Waals surface area contributed by atoms with E-state index in [2.05, 4.69) is 25.5 Å². The molecule has 0 saturated carbocycles. The largest absolute Gasteiger partial charge is 0.490 e. The van der Waals surface area contributed by atoms with Gasteiger partial charge in [-0.1, -0.05) is 6.58 Å². The van der Waals surface area contributed by atoms with E-state index in [0.29, 0.717) is 0 Å². The van der Waals surface area contributed by atoms with Crippen LogP contribution in [0.5, 0.6) is 0 Å². The standard InChI is InChI=1S/C14H22FN2O15P3/c1-2-3-5-14(21)10(19)13(7-15,30-11(14)17-6-4-9(18)16-12(17)20)8-29-34(25,26)32-35(27,28)31-33(22,23)24/h3-4,6,10-12,19-21H,1,5,7-8H2,(H,16,18)(H,25,26)(H,27,28)(H2,22,23,24)/t10-,11-,12?,13-,14-/m1/s1. The maximum Gasteiger partial charge on any atom is 0.490 e. The van der Waals surface area contributed by atoms with Crippen LogP contribution in [0, 0.1) is 0 Å². The molecule has 17 nitrogen and oxygen atoms in total. The lowest BCUT2D eigenvalue weighted by Crippen LogP contribution is -2.60. The van der Waals surface area contributed by atoms with Crippen molar-refractivity contribution in [2.45, 2.75) is 36.3 Å². The van der Waals surface area contributed by atoms with Crippen LogP contribution in [0.4, 0.5) is 4.39 Å². The van der Waals surface area contributed by atoms with Crippen molar-refractivity contribution in [3.8, 4) is 0 Å². The molecule has 0 radical (unpaired) electrons. The van der Waals surface area contributed by atoms with Gasteiger partial charge in [-0.2, -0.15) is 8.62 Å². The van der Waals surface area contributed by atoms with Crippen molar-refractivity contribution in [3.63, 3.8) is 0 Å². The number of hydrogen-bond donors (Lipinski definition) is 8. The first-order chi connectivity index (χ1) is 15.9. The monoisotopic (exact) mass is 570 g/mol. The van der Waals surface area contributed by atoms with Crippen LogP contribution in [0.2, 0.25) is 0 Å². The summed E-state index contributed by atoms with van der Waals surface area (Å²) in [5.74, 6) is -0.744. The highest BCUT2D eigenvalue weighted by atomic mass is 31.3. The van der Waals surface area contributed by atoms with E-state index < -0.39 is 79.0 Å². The van der Waals surface area contributed by atoms with Gasteiger partial charge < -0.3 is 49.8 Å². The fourth-order valence-electron chi connectivity index (χ4n) is 3.19. The summed E-state index contributed by atoms with van der Waals surface area (Å²) in [5.41, 5.74) is -2.89. The second kappa shape index (κ2) is 10.6. The highest BCUT2D eigenvalue weighted by Gasteiger charge is 2.65. The first kappa shape index (κ1) is 29.9. The molecule has 2 aliphatic rings. The van der Waals surface area contributed by atoms with Crippen LogP contribution in [0.3, 0.4) is 0 Å². The number of aliphatic hydroxyl groups excluding tert-OH is 2. The van der Waals surface area contributed by atoms with Gasteiger partial charge in [-0.05, 0) is 6.08 Å². The molecule has 2 heterocycles. The van der Waals surface area contributed by atoms with Gasteiger partial charge in [0.25, 0.3) is 0 Å². The minimum Gasteiger partial charge on any atom is -0.387 e. The highest BCUT2D eigenvalue weighted by Crippen LogP contribution is 2.66. The fraction of sp³-hybridized carbons (Fsp3) is 0.571. The summed E-state index contributed by atoms with van der Waals surface area (Å²) >= 11 is 0. The van der Waals surface area contributed by atoms with Crippen LogP contribution in [0.25, 0.3) is 0 Å². The average molecular weight is 570 g/mol. The van der Waals surface area contributed by atoms with E-state index in [-0.39, 0.29) is 0 Å². The van der Waals surface area contributed by atoms with Gasteiger partial charge in [0, 0.05) is 18.7 Å². The van der Waals surface area contributed by atoms with Crippen molar-refractivity contribution in [1.29, 1.82) is 0 Å². The Kier molecular flexibility index (Phi) is 9.06. The van der Waals surface area contributed by atoms with Crippen LogP contribution in [0.1, 0.15) is 6.42 Å². The van der Waals surface area contributed by atoms with E-state index in [1.165, 1.54) is 0 Å². The van der Waals surface area contributed by atoms with Gasteiger partial charge >= 0.3 is 23.5 Å². The minimum atomic E-state index is -5.89. The Labute approximate surface area is 196 Å². The molecule has 0 aromatic heterocycles. The van der Waals surface area contributed by atoms with Gasteiger partial charge in [-0.3, -0.25) is 9.32 Å². The zero-order valence-corrected chi connectivity index (χ0v) is 20.0. The van der Waals surface area contributed by atoms with Crippen LogP contribution < -0.4 is 5.32 Å². The molecule has 3 unspecified atom stereocenters. The zero-order chi connectivity index (χ0) is 26.9. The molecule has 0 spiro atoms. The van der Waals surface area contributed by atoms with Gasteiger partial charge in [0.2, 0.25) is 12.3 Å². The van der Waals surface area contributed by atoms with E-state index in [9.17, 15) is 48.0 Å². The summed E-state index contributed by atoms with van der Waals surface area (Å²) in [6, 6.07) is 0. The van der Waals surface area contributed by atoms with Crippen LogP contribution in [-0.2, 0) is 36.4 Å². The molecule has 0 aromatic carbocycles. The van der Waals surface area contributed by atoms with Gasteiger partial charge in [-0.15, -0.1) is 5.73 Å². The molecule has 35 heavy (non-hydrogen) atoms. The molecule has 0 aliphatic carbocycles. The normalized spacial score (nSPS) is 34.6. The Bertz CT molecular complexity index is 1050. The minimum absolute atomic E-state index is 0.537. The number of carbonyl (C=O) groups excluding carboxylic acids is 1. The van der Waals surface area contributed by atoms with Crippen molar-refractivity contribution in [2.75, 3.05) is 13.3 Å². The predicted molar refractivity (Wildman–Crippen MR) is 108 cm³/mol. The van der Waals surface area contributed by atoms with E-state index in [0.717, 1.165) is 23.3 Å². The molecule has 21 heteroatoms. The molecule has 200 valence electrons. The number of hydrogen-bond acceptors (Lipinski definition) is 12. The van der Waals surface area contributed by atoms with Crippen molar-refractivity contribution in [3.05, 3.63) is 30.7 Å². The number of amides is 1. The summed E-state index contributed by atoms with van der Waals surface area (Å²) in [7, 11) is -17.3. The van der Waals surface area contributed by atoms with Gasteiger partial charge in [0.05, 0.1) is 6.61 Å². The summed E-state index contributed by atoms with van der Waals surface area (Å²) in [6.45, 7) is 0.0987. The molecule has 1 amide bonds. The molecular weight excluding hydrogens is 548 g/mol. The lowest BCUT2D eigenvalue weighted by molar-refractivity contribution is -0.192. The summed E-state index contributed by atoms with van der Waals surface area (Å²) in [5, 5.41) is 34.1. The smallest absolute Gasteiger partial charge is 0.387 e. The molecule has 1 fully saturated rings. The quantitative estimate of drug-likeness (QED) is 0.103. The van der Waals surface area contributed by atoms with E-state index in [1.807, 2.05) is 5.32 Å². The van der Waals surface area contributed by atoms with Crippen LogP contribution >= 0.6 is 23.5 Å². The zero-order valence-electron chi connectivity index (χ0n) is 17.4. The number of phosphoric acid groups is 3. The second-order valence-corrected chi connectivity index (χ2v) is 11.6. The number of phosphoric ester groups is 1. The fourth-order valence-corrected chi connectivity index (χ4v) is 6.26. The predicted octanol–water partition coefficient (Wildman–Crippen LogP) is -1.56. The number of nitrogens with zero attached hydrogens (tertiary/aromatic N) is 1.